The zero-order chi connectivity index (χ0) is 22.8. The molecule has 0 aliphatic heterocycles. The van der Waals surface area contributed by atoms with E-state index in [9.17, 15) is 4.79 Å². The van der Waals surface area contributed by atoms with Gasteiger partial charge in [-0.15, -0.1) is 0 Å². The molecule has 0 atom stereocenters. The molecule has 0 aliphatic carbocycles. The van der Waals surface area contributed by atoms with Crippen LogP contribution in [0.25, 0.3) is 11.0 Å². The van der Waals surface area contributed by atoms with Gasteiger partial charge in [0.25, 0.3) is 5.91 Å². The van der Waals surface area contributed by atoms with Gasteiger partial charge in [-0.25, -0.2) is 4.39 Å². The molecule has 9 heteroatoms. The maximum Gasteiger partial charge on any atom is 0.287 e. The normalized spacial score (nSPS) is 10.7. The number of furan rings is 1. The lowest BCUT2D eigenvalue weighted by molar-refractivity contribution is 0.0925. The molecule has 1 heterocycles. The number of halogens is 3. The number of carbonyl (C=O) groups excluding carboxylic acids is 1. The first kappa shape index (κ1) is 21.5. The van der Waals surface area contributed by atoms with Gasteiger partial charge in [0.1, 0.15) is 11.3 Å². The quantitative estimate of drug-likeness (QED) is 0.346. The predicted octanol–water partition coefficient (Wildman–Crippen LogP) is 6.05. The lowest BCUT2D eigenvalue weighted by Gasteiger charge is -2.13. The number of anilines is 1. The number of rotatable bonds is 5. The minimum absolute atomic E-state index is 0.0194. The maximum atomic E-state index is 15.1. The van der Waals surface area contributed by atoms with E-state index < -0.39 is 11.7 Å². The smallest absolute Gasteiger partial charge is 0.287 e. The Hall–Kier alpha value is -3.73. The predicted molar refractivity (Wildman–Crippen MR) is 119 cm³/mol. The number of nitrogens with two attached hydrogens (primary N) is 1. The highest BCUT2D eigenvalue weighted by Crippen LogP contribution is 2.35. The number of nitrogens with one attached hydrogen (secondary N) is 1. The second-order valence-electron chi connectivity index (χ2n) is 6.83. The van der Waals surface area contributed by atoms with Crippen LogP contribution in [-0.4, -0.2) is 5.91 Å². The van der Waals surface area contributed by atoms with Crippen molar-refractivity contribution in [2.24, 2.45) is 0 Å². The Bertz CT molecular complexity index is 1400. The molecule has 160 valence electrons. The monoisotopic (exact) mass is 469 g/mol. The fourth-order valence-electron chi connectivity index (χ4n) is 3.04. The first-order chi connectivity index (χ1) is 15.3. The molecule has 0 unspecified atom stereocenters. The van der Waals surface area contributed by atoms with Crippen molar-refractivity contribution >= 4 is 45.8 Å². The van der Waals surface area contributed by atoms with Crippen molar-refractivity contribution in [3.8, 4) is 17.6 Å². The van der Waals surface area contributed by atoms with Gasteiger partial charge in [-0.2, -0.15) is 5.26 Å². The fraction of sp³-hybridized carbons (Fsp3) is 0.0435. The Morgan fingerprint density at radius 3 is 2.75 bits per heavy atom. The van der Waals surface area contributed by atoms with E-state index in [1.165, 1.54) is 30.3 Å². The Balaban J connectivity index is 1.53. The summed E-state index contributed by atoms with van der Waals surface area (Å²) in [4.78, 5) is 12.5. The van der Waals surface area contributed by atoms with Gasteiger partial charge in [0.05, 0.1) is 16.7 Å². The number of nitrogens with zero attached hydrogens (tertiary/aromatic N) is 1. The maximum absolute atomic E-state index is 15.1. The van der Waals surface area contributed by atoms with Crippen molar-refractivity contribution in [3.05, 3.63) is 87.3 Å². The summed E-state index contributed by atoms with van der Waals surface area (Å²) in [6.45, 7) is -0.142. The Morgan fingerprint density at radius 2 is 1.97 bits per heavy atom. The number of hydrogen-bond acceptors (Lipinski definition) is 5. The highest BCUT2D eigenvalue weighted by atomic mass is 35.5. The number of hydrogen-bond donors (Lipinski definition) is 2. The van der Waals surface area contributed by atoms with Gasteiger partial charge in [-0.05, 0) is 48.5 Å². The fourth-order valence-corrected chi connectivity index (χ4v) is 3.45. The van der Waals surface area contributed by atoms with E-state index in [0.29, 0.717) is 16.7 Å². The summed E-state index contributed by atoms with van der Waals surface area (Å²) in [5.41, 5.74) is 7.18. The van der Waals surface area contributed by atoms with Gasteiger partial charge in [0.15, 0.2) is 17.3 Å². The molecule has 32 heavy (non-hydrogen) atoms. The SMILES string of the molecule is N#Cc1cc(Cl)cc(Oc2c(Cl)ccc(CNC(=O)c3cc4cc(N)ccc4o3)c2F)c1. The second kappa shape index (κ2) is 8.79. The lowest BCUT2D eigenvalue weighted by Crippen LogP contribution is -2.22. The van der Waals surface area contributed by atoms with Crippen LogP contribution in [0.1, 0.15) is 21.7 Å². The van der Waals surface area contributed by atoms with Gasteiger partial charge in [-0.1, -0.05) is 29.3 Å². The third kappa shape index (κ3) is 4.47. The van der Waals surface area contributed by atoms with Gasteiger partial charge in [0.2, 0.25) is 0 Å². The zero-order valence-corrected chi connectivity index (χ0v) is 17.8. The summed E-state index contributed by atoms with van der Waals surface area (Å²) < 4.78 is 26.1. The third-order valence-corrected chi connectivity index (χ3v) is 5.07. The highest BCUT2D eigenvalue weighted by Gasteiger charge is 2.18. The van der Waals surface area contributed by atoms with Crippen LogP contribution in [0.2, 0.25) is 10.0 Å². The molecule has 6 nitrogen and oxygen atoms in total. The molecule has 0 bridgehead atoms. The van der Waals surface area contributed by atoms with Gasteiger partial charge < -0.3 is 20.2 Å². The summed E-state index contributed by atoms with van der Waals surface area (Å²) in [5, 5.41) is 12.6. The number of nitriles is 1. The number of benzene rings is 3. The average Bonchev–Trinajstić information content (AvgIpc) is 3.18. The molecule has 0 spiro atoms. The standard InChI is InChI=1S/C23H14Cl2FN3O3/c24-15-5-12(10-27)6-17(9-15)31-22-18(25)3-1-13(21(22)26)11-29-23(30)20-8-14-7-16(28)2-4-19(14)32-20/h1-9H,11,28H2,(H,29,30). The van der Waals surface area contributed by atoms with Crippen LogP contribution >= 0.6 is 23.2 Å². The van der Waals surface area contributed by atoms with E-state index in [0.717, 1.165) is 0 Å². The molecule has 1 amide bonds. The van der Waals surface area contributed by atoms with Crippen molar-refractivity contribution in [3.63, 3.8) is 0 Å². The zero-order valence-electron chi connectivity index (χ0n) is 16.3. The molecule has 1 aromatic heterocycles. The molecule has 0 aliphatic rings. The van der Waals surface area contributed by atoms with Crippen molar-refractivity contribution in [1.29, 1.82) is 5.26 Å². The van der Waals surface area contributed by atoms with Crippen molar-refractivity contribution in [2.75, 3.05) is 5.73 Å². The van der Waals surface area contributed by atoms with Crippen molar-refractivity contribution < 1.29 is 18.3 Å². The van der Waals surface area contributed by atoms with Gasteiger partial charge in [-0.3, -0.25) is 4.79 Å². The van der Waals surface area contributed by atoms with E-state index in [1.807, 2.05) is 6.07 Å². The minimum Gasteiger partial charge on any atom is -0.453 e. The van der Waals surface area contributed by atoms with Crippen molar-refractivity contribution in [2.45, 2.75) is 6.54 Å². The van der Waals surface area contributed by atoms with Gasteiger partial charge in [0, 0.05) is 28.2 Å². The van der Waals surface area contributed by atoms with Crippen LogP contribution in [-0.2, 0) is 6.54 Å². The topological polar surface area (TPSA) is 101 Å². The summed E-state index contributed by atoms with van der Waals surface area (Å²) >= 11 is 12.1. The second-order valence-corrected chi connectivity index (χ2v) is 7.67. The summed E-state index contributed by atoms with van der Waals surface area (Å²) in [5.74, 6) is -1.31. The molecular weight excluding hydrogens is 456 g/mol. The van der Waals surface area contributed by atoms with E-state index in [4.69, 9.17) is 43.4 Å². The van der Waals surface area contributed by atoms with Crippen LogP contribution in [0.5, 0.6) is 11.5 Å². The number of amides is 1. The number of nitrogen functional groups attached to an aromatic ring is 1. The summed E-state index contributed by atoms with van der Waals surface area (Å²) in [6.07, 6.45) is 0. The lowest BCUT2D eigenvalue weighted by atomic mass is 10.2. The Labute approximate surface area is 191 Å². The number of fused-ring (bicyclic) bond motifs is 1. The molecule has 0 saturated carbocycles. The van der Waals surface area contributed by atoms with Crippen LogP contribution in [0.15, 0.2) is 59.0 Å². The van der Waals surface area contributed by atoms with Crippen molar-refractivity contribution in [1.82, 2.24) is 5.32 Å². The average molecular weight is 470 g/mol. The summed E-state index contributed by atoms with van der Waals surface area (Å²) in [7, 11) is 0. The van der Waals surface area contributed by atoms with E-state index in [1.54, 1.807) is 24.3 Å². The molecule has 4 aromatic rings. The Morgan fingerprint density at radius 1 is 1.16 bits per heavy atom. The van der Waals surface area contributed by atoms with E-state index in [-0.39, 0.29) is 45.0 Å². The van der Waals surface area contributed by atoms with Gasteiger partial charge >= 0.3 is 0 Å². The molecular formula is C23H14Cl2FN3O3. The molecule has 0 fully saturated rings. The van der Waals surface area contributed by atoms with E-state index in [2.05, 4.69) is 5.32 Å². The third-order valence-electron chi connectivity index (χ3n) is 4.55. The van der Waals surface area contributed by atoms with Crippen LogP contribution in [0, 0.1) is 17.1 Å². The molecule has 3 N–H and O–H groups in total. The molecule has 0 radical (unpaired) electrons. The minimum atomic E-state index is -0.756. The number of ether oxygens (including phenoxy) is 1. The number of carbonyl (C=O) groups is 1. The molecule has 0 saturated heterocycles. The van der Waals surface area contributed by atoms with Crippen LogP contribution in [0.3, 0.4) is 0 Å². The molecule has 4 rings (SSSR count). The first-order valence-electron chi connectivity index (χ1n) is 9.27. The van der Waals surface area contributed by atoms with Crippen LogP contribution in [0.4, 0.5) is 10.1 Å². The van der Waals surface area contributed by atoms with E-state index >= 15 is 4.39 Å². The first-order valence-corrected chi connectivity index (χ1v) is 10.0. The highest BCUT2D eigenvalue weighted by molar-refractivity contribution is 6.32. The Kier molecular flexibility index (Phi) is 5.91. The van der Waals surface area contributed by atoms with Crippen LogP contribution < -0.4 is 15.8 Å². The molecule has 3 aromatic carbocycles. The summed E-state index contributed by atoms with van der Waals surface area (Å²) in [6, 6.07) is 15.7. The largest absolute Gasteiger partial charge is 0.453 e.